The molecule has 0 fully saturated rings. The van der Waals surface area contributed by atoms with E-state index in [1.165, 1.54) is 4.90 Å². The van der Waals surface area contributed by atoms with Gasteiger partial charge in [0.15, 0.2) is 0 Å². The molecule has 17 heavy (non-hydrogen) atoms. The van der Waals surface area contributed by atoms with Crippen LogP contribution in [0.15, 0.2) is 24.3 Å². The van der Waals surface area contributed by atoms with Crippen LogP contribution in [0.5, 0.6) is 0 Å². The molecule has 1 aliphatic heterocycles. The van der Waals surface area contributed by atoms with Crippen molar-refractivity contribution < 1.29 is 9.59 Å². The third kappa shape index (κ3) is 2.13. The van der Waals surface area contributed by atoms with Crippen LogP contribution in [0.4, 0.5) is 11.4 Å². The number of carbonyl (C=O) groups excluding carboxylic acids is 2. The van der Waals surface area contributed by atoms with E-state index in [1.54, 1.807) is 13.0 Å². The number of carbonyl (C=O) groups is 2. The molecular formula is C12H13ClN2O2. The van der Waals surface area contributed by atoms with Crippen LogP contribution >= 0.6 is 11.6 Å². The summed E-state index contributed by atoms with van der Waals surface area (Å²) in [5.41, 5.74) is 1.40. The number of fused-ring (bicyclic) bond motifs is 1. The van der Waals surface area contributed by atoms with E-state index in [2.05, 4.69) is 5.32 Å². The Morgan fingerprint density at radius 3 is 2.88 bits per heavy atom. The zero-order valence-electron chi connectivity index (χ0n) is 9.44. The summed E-state index contributed by atoms with van der Waals surface area (Å²) in [5.74, 6) is -0.0484. The highest BCUT2D eigenvalue weighted by Gasteiger charge is 2.32. The lowest BCUT2D eigenvalue weighted by Crippen LogP contribution is -2.49. The smallest absolute Gasteiger partial charge is 0.247 e. The highest BCUT2D eigenvalue weighted by molar-refractivity contribution is 6.20. The summed E-state index contributed by atoms with van der Waals surface area (Å²) in [6.45, 7) is 1.71. The van der Waals surface area contributed by atoms with Crippen LogP contribution < -0.4 is 10.2 Å². The van der Waals surface area contributed by atoms with E-state index in [4.69, 9.17) is 11.6 Å². The van der Waals surface area contributed by atoms with Gasteiger partial charge in [-0.2, -0.15) is 0 Å². The fourth-order valence-electron chi connectivity index (χ4n) is 1.90. The Bertz CT molecular complexity index is 462. The molecule has 90 valence electrons. The number of para-hydroxylation sites is 2. The fraction of sp³-hybridized carbons (Fsp3) is 0.333. The summed E-state index contributed by atoms with van der Waals surface area (Å²) < 4.78 is 0. The van der Waals surface area contributed by atoms with Crippen molar-refractivity contribution in [2.45, 2.75) is 19.4 Å². The predicted molar refractivity (Wildman–Crippen MR) is 67.4 cm³/mol. The summed E-state index contributed by atoms with van der Waals surface area (Å²) in [4.78, 5) is 25.2. The van der Waals surface area contributed by atoms with Gasteiger partial charge in [-0.1, -0.05) is 12.1 Å². The number of anilines is 2. The molecule has 0 spiro atoms. The highest BCUT2D eigenvalue weighted by atomic mass is 35.5. The van der Waals surface area contributed by atoms with Crippen LogP contribution in [0.2, 0.25) is 0 Å². The standard InChI is InChI=1S/C12H13ClN2O2/c1-8-12(17)14-9-4-2-3-5-10(9)15(8)11(16)6-7-13/h2-5,8H,6-7H2,1H3,(H,14,17)/t8-/m0/s1. The minimum atomic E-state index is -0.499. The molecule has 2 rings (SSSR count). The van der Waals surface area contributed by atoms with Crippen LogP contribution in [0.1, 0.15) is 13.3 Å². The van der Waals surface area contributed by atoms with Crippen LogP contribution in [-0.4, -0.2) is 23.7 Å². The van der Waals surface area contributed by atoms with Gasteiger partial charge in [-0.3, -0.25) is 14.5 Å². The molecule has 0 bridgehead atoms. The molecule has 0 unspecified atom stereocenters. The lowest BCUT2D eigenvalue weighted by atomic mass is 10.1. The molecule has 1 atom stereocenters. The molecule has 0 aromatic heterocycles. The van der Waals surface area contributed by atoms with E-state index in [9.17, 15) is 9.59 Å². The Kier molecular flexibility index (Phi) is 3.33. The largest absolute Gasteiger partial charge is 0.322 e. The lowest BCUT2D eigenvalue weighted by Gasteiger charge is -2.34. The number of nitrogens with zero attached hydrogens (tertiary/aromatic N) is 1. The Morgan fingerprint density at radius 2 is 2.18 bits per heavy atom. The van der Waals surface area contributed by atoms with Gasteiger partial charge >= 0.3 is 0 Å². The number of halogens is 1. The van der Waals surface area contributed by atoms with E-state index in [-0.39, 0.29) is 24.1 Å². The third-order valence-corrected chi connectivity index (χ3v) is 2.95. The van der Waals surface area contributed by atoms with Gasteiger partial charge in [-0.25, -0.2) is 0 Å². The highest BCUT2D eigenvalue weighted by Crippen LogP contribution is 2.32. The van der Waals surface area contributed by atoms with Crippen LogP contribution in [0, 0.1) is 0 Å². The van der Waals surface area contributed by atoms with Crippen molar-refractivity contribution in [3.05, 3.63) is 24.3 Å². The molecule has 1 heterocycles. The van der Waals surface area contributed by atoms with Crippen molar-refractivity contribution in [1.29, 1.82) is 0 Å². The summed E-state index contributed by atoms with van der Waals surface area (Å²) in [5, 5.41) is 2.77. The minimum absolute atomic E-state index is 0.130. The van der Waals surface area contributed by atoms with Crippen LogP contribution in [-0.2, 0) is 9.59 Å². The third-order valence-electron chi connectivity index (χ3n) is 2.77. The van der Waals surface area contributed by atoms with Gasteiger partial charge in [-0.05, 0) is 19.1 Å². The molecule has 1 aromatic rings. The predicted octanol–water partition coefficient (Wildman–Crippen LogP) is 1.99. The monoisotopic (exact) mass is 252 g/mol. The minimum Gasteiger partial charge on any atom is -0.322 e. The molecule has 2 amide bonds. The van der Waals surface area contributed by atoms with Crippen LogP contribution in [0.3, 0.4) is 0 Å². The molecule has 1 N–H and O–H groups in total. The normalized spacial score (nSPS) is 18.6. The van der Waals surface area contributed by atoms with E-state index in [0.29, 0.717) is 5.69 Å². The average Bonchev–Trinajstić information content (AvgIpc) is 2.31. The first-order chi connectivity index (χ1) is 8.15. The first-order valence-corrected chi connectivity index (χ1v) is 5.96. The molecule has 0 radical (unpaired) electrons. The second kappa shape index (κ2) is 4.75. The van der Waals surface area contributed by atoms with Gasteiger partial charge in [0.1, 0.15) is 6.04 Å². The van der Waals surface area contributed by atoms with Crippen molar-refractivity contribution in [2.75, 3.05) is 16.1 Å². The molecular weight excluding hydrogens is 240 g/mol. The number of alkyl halides is 1. The lowest BCUT2D eigenvalue weighted by molar-refractivity contribution is -0.123. The molecule has 0 saturated heterocycles. The second-order valence-electron chi connectivity index (χ2n) is 3.89. The SMILES string of the molecule is C[C@H]1C(=O)Nc2ccccc2N1C(=O)CCCl. The van der Waals surface area contributed by atoms with Crippen LogP contribution in [0.25, 0.3) is 0 Å². The molecule has 1 aromatic carbocycles. The summed E-state index contributed by atoms with van der Waals surface area (Å²) >= 11 is 5.58. The summed E-state index contributed by atoms with van der Waals surface area (Å²) in [7, 11) is 0. The van der Waals surface area contributed by atoms with E-state index in [0.717, 1.165) is 5.69 Å². The van der Waals surface area contributed by atoms with Crippen molar-refractivity contribution >= 4 is 34.8 Å². The Balaban J connectivity index is 2.42. The quantitative estimate of drug-likeness (QED) is 0.819. The summed E-state index contributed by atoms with van der Waals surface area (Å²) in [6.07, 6.45) is 0.230. The van der Waals surface area contributed by atoms with Crippen molar-refractivity contribution in [3.8, 4) is 0 Å². The van der Waals surface area contributed by atoms with Gasteiger partial charge in [0.2, 0.25) is 11.8 Å². The van der Waals surface area contributed by atoms with Gasteiger partial charge in [0, 0.05) is 12.3 Å². The fourth-order valence-corrected chi connectivity index (χ4v) is 2.07. The summed E-state index contributed by atoms with van der Waals surface area (Å²) in [6, 6.07) is 6.75. The van der Waals surface area contributed by atoms with Crippen molar-refractivity contribution in [3.63, 3.8) is 0 Å². The zero-order valence-corrected chi connectivity index (χ0v) is 10.2. The topological polar surface area (TPSA) is 49.4 Å². The average molecular weight is 253 g/mol. The number of rotatable bonds is 2. The maximum absolute atomic E-state index is 12.0. The molecule has 0 aliphatic carbocycles. The first-order valence-electron chi connectivity index (χ1n) is 5.43. The number of amides is 2. The number of hydrogen-bond donors (Lipinski definition) is 1. The van der Waals surface area contributed by atoms with Gasteiger partial charge in [0.25, 0.3) is 0 Å². The maximum atomic E-state index is 12.0. The molecule has 1 aliphatic rings. The Morgan fingerprint density at radius 1 is 1.47 bits per heavy atom. The number of hydrogen-bond acceptors (Lipinski definition) is 2. The Hall–Kier alpha value is -1.55. The van der Waals surface area contributed by atoms with E-state index < -0.39 is 6.04 Å². The Labute approximate surface area is 105 Å². The zero-order chi connectivity index (χ0) is 12.4. The van der Waals surface area contributed by atoms with Gasteiger partial charge in [-0.15, -0.1) is 11.6 Å². The van der Waals surface area contributed by atoms with Gasteiger partial charge < -0.3 is 5.32 Å². The van der Waals surface area contributed by atoms with E-state index in [1.807, 2.05) is 18.2 Å². The van der Waals surface area contributed by atoms with Crippen molar-refractivity contribution in [2.24, 2.45) is 0 Å². The number of benzene rings is 1. The van der Waals surface area contributed by atoms with Gasteiger partial charge in [0.05, 0.1) is 11.4 Å². The first kappa shape index (κ1) is 11.9. The van der Waals surface area contributed by atoms with E-state index >= 15 is 0 Å². The number of nitrogens with one attached hydrogen (secondary N) is 1. The maximum Gasteiger partial charge on any atom is 0.247 e. The molecule has 0 saturated carbocycles. The second-order valence-corrected chi connectivity index (χ2v) is 4.26. The molecule has 4 nitrogen and oxygen atoms in total. The van der Waals surface area contributed by atoms with Crippen molar-refractivity contribution in [1.82, 2.24) is 0 Å². The molecule has 5 heteroatoms.